The van der Waals surface area contributed by atoms with Crippen LogP contribution in [0.25, 0.3) is 0 Å². The fraction of sp³-hybridized carbons (Fsp3) is 0.609. The number of rotatable bonds is 7. The van der Waals surface area contributed by atoms with Crippen molar-refractivity contribution in [2.24, 2.45) is 11.7 Å². The van der Waals surface area contributed by atoms with E-state index in [1.807, 2.05) is 30.3 Å². The number of ether oxygens (including phenoxy) is 1. The second-order valence-electron chi connectivity index (χ2n) is 9.14. The maximum absolute atomic E-state index is 13.4. The van der Waals surface area contributed by atoms with E-state index in [1.165, 1.54) is 6.42 Å². The number of carbonyl (C=O) groups excluding carboxylic acids is 2. The largest absolute Gasteiger partial charge is 0.455 e. The number of likely N-dealkylation sites (tertiary alicyclic amines) is 1. The molecule has 5 rings (SSSR count). The van der Waals surface area contributed by atoms with E-state index in [0.29, 0.717) is 23.5 Å². The Morgan fingerprint density at radius 2 is 1.80 bits per heavy atom. The molecule has 0 amide bonds. The third-order valence-corrected chi connectivity index (χ3v) is 7.38. The number of benzene rings is 1. The van der Waals surface area contributed by atoms with Gasteiger partial charge in [0, 0.05) is 18.8 Å². The van der Waals surface area contributed by atoms with Crippen LogP contribution in [0.5, 0.6) is 0 Å². The average molecular weight is 431 g/mol. The number of hydrogen-bond acceptors (Lipinski definition) is 5. The van der Waals surface area contributed by atoms with E-state index in [9.17, 15) is 9.59 Å². The Morgan fingerprint density at radius 3 is 2.43 bits per heavy atom. The molecule has 1 aromatic carbocycles. The van der Waals surface area contributed by atoms with Crippen molar-refractivity contribution in [3.8, 4) is 0 Å². The van der Waals surface area contributed by atoms with Gasteiger partial charge in [0.25, 0.3) is 0 Å². The molecule has 2 atom stereocenters. The minimum Gasteiger partial charge on any atom is -0.455 e. The summed E-state index contributed by atoms with van der Waals surface area (Å²) in [6, 6.07) is 9.62. The molecule has 0 aliphatic carbocycles. The van der Waals surface area contributed by atoms with Gasteiger partial charge >= 0.3 is 5.97 Å². The monoisotopic (exact) mass is 430 g/mol. The molecule has 4 saturated heterocycles. The summed E-state index contributed by atoms with van der Waals surface area (Å²) in [6.07, 6.45) is 5.25. The highest BCUT2D eigenvalue weighted by molar-refractivity contribution is 7.82. The first-order valence-corrected chi connectivity index (χ1v) is 11.6. The van der Waals surface area contributed by atoms with Crippen molar-refractivity contribution in [1.29, 1.82) is 0 Å². The molecule has 0 spiro atoms. The van der Waals surface area contributed by atoms with Crippen LogP contribution >= 0.6 is 12.2 Å². The average Bonchev–Trinajstić information content (AvgIpc) is 2.76. The van der Waals surface area contributed by atoms with Gasteiger partial charge < -0.3 is 15.0 Å². The van der Waals surface area contributed by atoms with Gasteiger partial charge in [0.2, 0.25) is 5.78 Å². The van der Waals surface area contributed by atoms with Crippen molar-refractivity contribution < 1.29 is 18.8 Å². The molecule has 4 heterocycles. The van der Waals surface area contributed by atoms with Gasteiger partial charge in [-0.2, -0.15) is 0 Å². The van der Waals surface area contributed by atoms with Crippen LogP contribution in [0.4, 0.5) is 0 Å². The highest BCUT2D eigenvalue weighted by Crippen LogP contribution is 2.37. The highest BCUT2D eigenvalue weighted by Gasteiger charge is 2.49. The van der Waals surface area contributed by atoms with Crippen LogP contribution in [0.3, 0.4) is 0 Å². The minimum atomic E-state index is -0.353. The molecule has 2 bridgehead atoms. The molecule has 4 fully saturated rings. The molecule has 4 aliphatic rings. The zero-order valence-corrected chi connectivity index (χ0v) is 18.3. The third kappa shape index (κ3) is 4.58. The normalized spacial score (nSPS) is 29.9. The Bertz CT molecular complexity index is 786. The van der Waals surface area contributed by atoms with Crippen molar-refractivity contribution in [2.45, 2.75) is 44.2 Å². The summed E-state index contributed by atoms with van der Waals surface area (Å²) < 4.78 is 6.83. The Hall–Kier alpha value is -1.83. The number of piperidine rings is 4. The van der Waals surface area contributed by atoms with E-state index in [2.05, 4.69) is 4.90 Å². The maximum atomic E-state index is 13.4. The smallest absolute Gasteiger partial charge is 0.328 e. The second kappa shape index (κ2) is 9.12. The molecular weight excluding hydrogens is 398 g/mol. The standard InChI is InChI=1S/C23H31N3O3S/c24-22(30)19(27)15-26-13-9-17(10-14-26)20(16-26)29-23(28)21(18-7-3-1-4-8-18)25-11-5-2-6-12-25/h1,3-4,7-8,17,20-21H,2,5-6,9-16H2,(H-,24,30)/p+1/t17?,20-,21?,26?/m0/s1. The number of hydrogen-bond donors (Lipinski definition) is 1. The number of nitrogens with two attached hydrogens (primary N) is 1. The predicted octanol–water partition coefficient (Wildman–Crippen LogP) is 2.22. The third-order valence-electron chi connectivity index (χ3n) is 7.16. The van der Waals surface area contributed by atoms with Crippen LogP contribution in [0.15, 0.2) is 30.3 Å². The topological polar surface area (TPSA) is 72.6 Å². The van der Waals surface area contributed by atoms with Crippen LogP contribution in [0.2, 0.25) is 0 Å². The van der Waals surface area contributed by atoms with Gasteiger partial charge in [0.05, 0.1) is 13.1 Å². The number of ketones is 1. The van der Waals surface area contributed by atoms with Crippen molar-refractivity contribution in [3.63, 3.8) is 0 Å². The first-order chi connectivity index (χ1) is 14.5. The molecule has 6 nitrogen and oxygen atoms in total. The number of thiocarbonyl (C=S) groups is 1. The molecule has 30 heavy (non-hydrogen) atoms. The van der Waals surface area contributed by atoms with Gasteiger partial charge in [-0.1, -0.05) is 49.0 Å². The van der Waals surface area contributed by atoms with E-state index in [4.69, 9.17) is 22.7 Å². The van der Waals surface area contributed by atoms with Gasteiger partial charge in [-0.25, -0.2) is 4.79 Å². The van der Waals surface area contributed by atoms with E-state index in [1.54, 1.807) is 0 Å². The van der Waals surface area contributed by atoms with Crippen molar-refractivity contribution in [1.82, 2.24) is 4.90 Å². The zero-order chi connectivity index (χ0) is 21.1. The fourth-order valence-electron chi connectivity index (χ4n) is 5.48. The van der Waals surface area contributed by atoms with Gasteiger partial charge in [-0.15, -0.1) is 0 Å². The Balaban J connectivity index is 1.49. The molecular formula is C23H32N3O3S+. The molecule has 7 heteroatoms. The quantitative estimate of drug-likeness (QED) is 0.406. The van der Waals surface area contributed by atoms with Crippen LogP contribution in [-0.2, 0) is 14.3 Å². The van der Waals surface area contributed by atoms with Gasteiger partial charge in [-0.3, -0.25) is 9.69 Å². The lowest BCUT2D eigenvalue weighted by Gasteiger charge is -2.51. The molecule has 1 aromatic rings. The molecule has 1 unspecified atom stereocenters. The zero-order valence-electron chi connectivity index (χ0n) is 17.5. The van der Waals surface area contributed by atoms with E-state index in [0.717, 1.165) is 57.4 Å². The van der Waals surface area contributed by atoms with Gasteiger partial charge in [0.15, 0.2) is 6.10 Å². The molecule has 2 N–H and O–H groups in total. The number of carbonyl (C=O) groups is 2. The molecule has 162 valence electrons. The maximum Gasteiger partial charge on any atom is 0.328 e. The van der Waals surface area contributed by atoms with Gasteiger partial charge in [0.1, 0.15) is 24.1 Å². The molecule has 0 saturated carbocycles. The number of Topliss-reactive ketones (excluding diaryl/α,β-unsaturated/α-hetero) is 1. The highest BCUT2D eigenvalue weighted by atomic mass is 32.1. The summed E-state index contributed by atoms with van der Waals surface area (Å²) in [6.45, 7) is 4.72. The lowest BCUT2D eigenvalue weighted by Crippen LogP contribution is -2.66. The summed E-state index contributed by atoms with van der Waals surface area (Å²) in [5.41, 5.74) is 6.56. The first-order valence-electron chi connectivity index (χ1n) is 11.1. The van der Waals surface area contributed by atoms with Crippen LogP contribution in [0.1, 0.15) is 43.7 Å². The number of esters is 1. The van der Waals surface area contributed by atoms with E-state index >= 15 is 0 Å². The summed E-state index contributed by atoms with van der Waals surface area (Å²) in [5, 5.41) is 0. The summed E-state index contributed by atoms with van der Waals surface area (Å²) in [7, 11) is 0. The van der Waals surface area contributed by atoms with Crippen molar-refractivity contribution >= 4 is 29.0 Å². The second-order valence-corrected chi connectivity index (χ2v) is 9.58. The number of quaternary nitrogens is 1. The van der Waals surface area contributed by atoms with Crippen LogP contribution < -0.4 is 5.73 Å². The summed E-state index contributed by atoms with van der Waals surface area (Å²) >= 11 is 4.88. The van der Waals surface area contributed by atoms with Crippen molar-refractivity contribution in [2.75, 3.05) is 39.3 Å². The fourth-order valence-corrected chi connectivity index (χ4v) is 5.55. The Kier molecular flexibility index (Phi) is 6.51. The van der Waals surface area contributed by atoms with E-state index < -0.39 is 0 Å². The van der Waals surface area contributed by atoms with Crippen LogP contribution in [-0.4, -0.2) is 71.5 Å². The lowest BCUT2D eigenvalue weighted by atomic mass is 9.83. The van der Waals surface area contributed by atoms with Crippen molar-refractivity contribution in [3.05, 3.63) is 35.9 Å². The SMILES string of the molecule is NC(=S)C(=O)C[N+]12CCC(CC1)[C@@H](OC(=O)C(c1ccccc1)N1CCCCC1)C2. The molecule has 0 radical (unpaired) electrons. The lowest BCUT2D eigenvalue weighted by molar-refractivity contribution is -0.938. The summed E-state index contributed by atoms with van der Waals surface area (Å²) in [5.74, 6) is 0.0678. The number of nitrogens with zero attached hydrogens (tertiary/aromatic N) is 2. The Morgan fingerprint density at radius 1 is 1.13 bits per heavy atom. The Labute approximate surface area is 183 Å². The van der Waals surface area contributed by atoms with E-state index in [-0.39, 0.29) is 28.9 Å². The molecule has 4 aliphatic heterocycles. The predicted molar refractivity (Wildman–Crippen MR) is 119 cm³/mol. The summed E-state index contributed by atoms with van der Waals surface area (Å²) in [4.78, 5) is 27.9. The van der Waals surface area contributed by atoms with Gasteiger partial charge in [-0.05, 0) is 31.5 Å². The minimum absolute atomic E-state index is 0.0435. The van der Waals surface area contributed by atoms with Crippen LogP contribution in [0, 0.1) is 5.92 Å². The number of fused-ring (bicyclic) bond motifs is 3. The molecule has 0 aromatic heterocycles. The first kappa shape index (κ1) is 21.4.